The largest absolute Gasteiger partial charge is 0.479 e. The van der Waals surface area contributed by atoms with Gasteiger partial charge in [0.25, 0.3) is 0 Å². The first kappa shape index (κ1) is 20.2. The van der Waals surface area contributed by atoms with Gasteiger partial charge < -0.3 is 15.3 Å². The second-order valence-corrected chi connectivity index (χ2v) is 8.33. The molecule has 7 nitrogen and oxygen atoms in total. The molecular formula is C21H22FN5O2S. The van der Waals surface area contributed by atoms with Gasteiger partial charge in [0.15, 0.2) is 11.3 Å². The Morgan fingerprint density at radius 2 is 2.07 bits per heavy atom. The number of hydrogen-bond donors (Lipinski definition) is 2. The molecule has 1 atom stereocenters. The monoisotopic (exact) mass is 427 g/mol. The van der Waals surface area contributed by atoms with Gasteiger partial charge in [-0.3, -0.25) is 0 Å². The molecule has 30 heavy (non-hydrogen) atoms. The Morgan fingerprint density at radius 3 is 2.80 bits per heavy atom. The third-order valence-corrected chi connectivity index (χ3v) is 6.21. The third kappa shape index (κ3) is 4.56. The molecule has 1 aliphatic rings. The van der Waals surface area contributed by atoms with Crippen LogP contribution in [0, 0.1) is 12.8 Å². The van der Waals surface area contributed by atoms with Gasteiger partial charge in [-0.1, -0.05) is 17.4 Å². The first-order valence-corrected chi connectivity index (χ1v) is 10.6. The Morgan fingerprint density at radius 1 is 1.27 bits per heavy atom. The van der Waals surface area contributed by atoms with Crippen LogP contribution in [0.2, 0.25) is 0 Å². The molecule has 2 N–H and O–H groups in total. The molecule has 0 saturated carbocycles. The van der Waals surface area contributed by atoms with Crippen molar-refractivity contribution in [1.82, 2.24) is 15.0 Å². The highest BCUT2D eigenvalue weighted by Gasteiger charge is 2.31. The smallest absolute Gasteiger partial charge is 0.338 e. The minimum absolute atomic E-state index is 0.433. The van der Waals surface area contributed by atoms with Gasteiger partial charge in [0, 0.05) is 31.4 Å². The number of nitrogens with zero attached hydrogens (tertiary/aromatic N) is 4. The van der Waals surface area contributed by atoms with Gasteiger partial charge in [-0.15, -0.1) is 0 Å². The molecular weight excluding hydrogens is 405 g/mol. The van der Waals surface area contributed by atoms with E-state index in [9.17, 15) is 9.18 Å². The lowest BCUT2D eigenvalue weighted by atomic mass is 9.92. The number of aliphatic carboxylic acids is 1. The van der Waals surface area contributed by atoms with Crippen LogP contribution in [0.3, 0.4) is 0 Å². The zero-order valence-electron chi connectivity index (χ0n) is 16.5. The second-order valence-electron chi connectivity index (χ2n) is 7.32. The van der Waals surface area contributed by atoms with Crippen LogP contribution in [-0.2, 0) is 4.79 Å². The first-order valence-electron chi connectivity index (χ1n) is 9.74. The molecule has 0 aliphatic carbocycles. The number of nitrogens with one attached hydrogen (secondary N) is 1. The zero-order chi connectivity index (χ0) is 21.1. The Labute approximate surface area is 177 Å². The van der Waals surface area contributed by atoms with E-state index in [2.05, 4.69) is 25.2 Å². The molecule has 1 saturated heterocycles. The van der Waals surface area contributed by atoms with Crippen LogP contribution in [0.4, 0.5) is 21.2 Å². The summed E-state index contributed by atoms with van der Waals surface area (Å²) >= 11 is 1.52. The first-order chi connectivity index (χ1) is 14.5. The van der Waals surface area contributed by atoms with Crippen molar-refractivity contribution < 1.29 is 14.3 Å². The third-order valence-electron chi connectivity index (χ3n) is 5.13. The summed E-state index contributed by atoms with van der Waals surface area (Å²) < 4.78 is 13.7. The molecule has 156 valence electrons. The van der Waals surface area contributed by atoms with Crippen LogP contribution in [0.25, 0.3) is 10.6 Å². The maximum Gasteiger partial charge on any atom is 0.338 e. The van der Waals surface area contributed by atoms with E-state index in [0.29, 0.717) is 31.7 Å². The summed E-state index contributed by atoms with van der Waals surface area (Å²) in [4.78, 5) is 27.3. The van der Waals surface area contributed by atoms with Gasteiger partial charge in [-0.25, -0.2) is 24.1 Å². The van der Waals surface area contributed by atoms with Crippen LogP contribution < -0.4 is 10.2 Å². The molecule has 1 aliphatic heterocycles. The number of aromatic nitrogens is 3. The van der Waals surface area contributed by atoms with E-state index in [1.54, 1.807) is 12.4 Å². The maximum absolute atomic E-state index is 13.7. The van der Waals surface area contributed by atoms with Crippen LogP contribution in [0.5, 0.6) is 0 Å². The van der Waals surface area contributed by atoms with E-state index in [1.807, 2.05) is 37.3 Å². The quantitative estimate of drug-likeness (QED) is 0.606. The molecule has 0 aromatic carbocycles. The molecule has 3 aromatic rings. The summed E-state index contributed by atoms with van der Waals surface area (Å²) in [6.45, 7) is 3.20. The number of hydrogen-bond acceptors (Lipinski definition) is 7. The lowest BCUT2D eigenvalue weighted by Gasteiger charge is -2.32. The van der Waals surface area contributed by atoms with Gasteiger partial charge in [0.05, 0.1) is 10.6 Å². The number of alkyl halides is 1. The lowest BCUT2D eigenvalue weighted by molar-refractivity contribution is -0.145. The molecule has 3 aromatic heterocycles. The fourth-order valence-corrected chi connectivity index (χ4v) is 4.43. The number of aryl methyl sites for hydroxylation is 1. The average molecular weight is 428 g/mol. The maximum atomic E-state index is 13.7. The van der Waals surface area contributed by atoms with Crippen molar-refractivity contribution in [2.45, 2.75) is 25.9 Å². The topological polar surface area (TPSA) is 91.2 Å². The molecule has 4 rings (SSSR count). The van der Waals surface area contributed by atoms with E-state index >= 15 is 0 Å². The molecule has 0 amide bonds. The average Bonchev–Trinajstić information content (AvgIpc) is 3.24. The molecule has 9 heteroatoms. The number of piperidine rings is 1. The standard InChI is InChI=1S/C21H22FN5O2S/c1-13-5-8-23-18(11-13)26-17-4-2-3-15(25-17)16-12-24-21(30-16)27-9-6-14(7-10-27)19(22)20(28)29/h2-5,8,11-12,14,19H,6-7,9-10H2,1H3,(H,28,29)(H,23,25,26). The van der Waals surface area contributed by atoms with Gasteiger partial charge >= 0.3 is 5.97 Å². The van der Waals surface area contributed by atoms with Crippen molar-refractivity contribution in [2.24, 2.45) is 5.92 Å². The number of carboxylic acid groups (broad SMARTS) is 1. The van der Waals surface area contributed by atoms with Gasteiger partial charge in [0.2, 0.25) is 0 Å². The number of halogens is 1. The predicted octanol–water partition coefficient (Wildman–Crippen LogP) is 4.29. The Balaban J connectivity index is 1.44. The molecule has 0 radical (unpaired) electrons. The van der Waals surface area contributed by atoms with Crippen LogP contribution in [0.1, 0.15) is 18.4 Å². The summed E-state index contributed by atoms with van der Waals surface area (Å²) in [5.41, 5.74) is 1.92. The van der Waals surface area contributed by atoms with Crippen molar-refractivity contribution in [3.05, 3.63) is 48.3 Å². The normalized spacial score (nSPS) is 15.7. The molecule has 0 bridgehead atoms. The summed E-state index contributed by atoms with van der Waals surface area (Å²) in [7, 11) is 0. The predicted molar refractivity (Wildman–Crippen MR) is 115 cm³/mol. The summed E-state index contributed by atoms with van der Waals surface area (Å²) in [6, 6.07) is 9.63. The Kier molecular flexibility index (Phi) is 5.89. The Hall–Kier alpha value is -3.07. The minimum atomic E-state index is -1.79. The highest BCUT2D eigenvalue weighted by molar-refractivity contribution is 7.18. The van der Waals surface area contributed by atoms with Crippen LogP contribution >= 0.6 is 11.3 Å². The van der Waals surface area contributed by atoms with E-state index in [-0.39, 0.29) is 0 Å². The summed E-state index contributed by atoms with van der Waals surface area (Å²) in [5, 5.41) is 12.9. The van der Waals surface area contributed by atoms with Crippen LogP contribution in [0.15, 0.2) is 42.7 Å². The van der Waals surface area contributed by atoms with E-state index in [1.165, 1.54) is 11.3 Å². The number of rotatable bonds is 6. The van der Waals surface area contributed by atoms with Crippen molar-refractivity contribution in [2.75, 3.05) is 23.3 Å². The fourth-order valence-electron chi connectivity index (χ4n) is 3.49. The van der Waals surface area contributed by atoms with Crippen molar-refractivity contribution >= 4 is 34.1 Å². The molecule has 1 unspecified atom stereocenters. The second kappa shape index (κ2) is 8.74. The lowest BCUT2D eigenvalue weighted by Crippen LogP contribution is -2.38. The number of thiazole rings is 1. The number of carboxylic acids is 1. The van der Waals surface area contributed by atoms with Gasteiger partial charge in [-0.2, -0.15) is 0 Å². The van der Waals surface area contributed by atoms with Crippen molar-refractivity contribution in [1.29, 1.82) is 0 Å². The van der Waals surface area contributed by atoms with E-state index < -0.39 is 18.1 Å². The summed E-state index contributed by atoms with van der Waals surface area (Å²) in [6.07, 6.45) is 2.76. The molecule has 1 fully saturated rings. The highest BCUT2D eigenvalue weighted by Crippen LogP contribution is 2.33. The zero-order valence-corrected chi connectivity index (χ0v) is 17.3. The number of carbonyl (C=O) groups is 1. The van der Waals surface area contributed by atoms with Crippen LogP contribution in [-0.4, -0.2) is 45.3 Å². The van der Waals surface area contributed by atoms with Crippen molar-refractivity contribution in [3.8, 4) is 10.6 Å². The number of anilines is 3. The summed E-state index contributed by atoms with van der Waals surface area (Å²) in [5.74, 6) is -0.368. The van der Waals surface area contributed by atoms with Gasteiger partial charge in [-0.05, 0) is 49.6 Å². The van der Waals surface area contributed by atoms with Gasteiger partial charge in [0.1, 0.15) is 11.6 Å². The van der Waals surface area contributed by atoms with E-state index in [0.717, 1.165) is 27.1 Å². The molecule has 0 spiro atoms. The van der Waals surface area contributed by atoms with Crippen molar-refractivity contribution in [3.63, 3.8) is 0 Å². The van der Waals surface area contributed by atoms with E-state index in [4.69, 9.17) is 5.11 Å². The number of pyridine rings is 2. The highest BCUT2D eigenvalue weighted by atomic mass is 32.1. The molecule has 4 heterocycles. The SMILES string of the molecule is Cc1ccnc(Nc2cccc(-c3cnc(N4CCC(C(F)C(=O)O)CC4)s3)n2)c1. The Bertz CT molecular complexity index is 1040. The fraction of sp³-hybridized carbons (Fsp3) is 0.333. The minimum Gasteiger partial charge on any atom is -0.479 e.